The minimum atomic E-state index is -0.0250. The van der Waals surface area contributed by atoms with E-state index >= 15 is 0 Å². The van der Waals surface area contributed by atoms with Gasteiger partial charge in [0.2, 0.25) is 5.91 Å². The molecule has 1 aliphatic rings. The lowest BCUT2D eigenvalue weighted by atomic mass is 9.97. The second kappa shape index (κ2) is 8.24. The minimum absolute atomic E-state index is 0.0250. The molecule has 1 fully saturated rings. The molecule has 0 unspecified atom stereocenters. The second-order valence-corrected chi connectivity index (χ2v) is 7.00. The summed E-state index contributed by atoms with van der Waals surface area (Å²) in [4.78, 5) is 14.8. The molecule has 8 heteroatoms. The number of fused-ring (bicyclic) bond motifs is 1. The Kier molecular flexibility index (Phi) is 5.36. The first-order valence-corrected chi connectivity index (χ1v) is 9.55. The average molecular weight is 380 g/mol. The lowest BCUT2D eigenvalue weighted by Crippen LogP contribution is -2.43. The molecule has 4 rings (SSSR count). The fourth-order valence-electron chi connectivity index (χ4n) is 3.55. The Bertz CT molecular complexity index is 939. The van der Waals surface area contributed by atoms with E-state index in [-0.39, 0.29) is 11.8 Å². The molecule has 28 heavy (non-hydrogen) atoms. The Morgan fingerprint density at radius 1 is 1.25 bits per heavy atom. The second-order valence-electron chi connectivity index (χ2n) is 7.00. The van der Waals surface area contributed by atoms with Crippen molar-refractivity contribution in [3.63, 3.8) is 0 Å². The molecular formula is C20H24N6O2. The van der Waals surface area contributed by atoms with E-state index in [4.69, 9.17) is 4.74 Å². The number of carbonyl (C=O) groups excluding carboxylic acids is 1. The highest BCUT2D eigenvalue weighted by atomic mass is 16.5. The summed E-state index contributed by atoms with van der Waals surface area (Å²) in [5.74, 6) is 1.78. The predicted octanol–water partition coefficient (Wildman–Crippen LogP) is 1.71. The minimum Gasteiger partial charge on any atom is -0.497 e. The maximum Gasteiger partial charge on any atom is 0.224 e. The van der Waals surface area contributed by atoms with Crippen molar-refractivity contribution in [1.82, 2.24) is 25.1 Å². The van der Waals surface area contributed by atoms with E-state index in [1.807, 2.05) is 36.4 Å². The number of nitrogens with zero attached hydrogens (tertiary/aromatic N) is 5. The summed E-state index contributed by atoms with van der Waals surface area (Å²) in [7, 11) is 1.66. The number of anilines is 1. The number of amides is 1. The van der Waals surface area contributed by atoms with Crippen LogP contribution >= 0.6 is 0 Å². The summed E-state index contributed by atoms with van der Waals surface area (Å²) in [6, 6.07) is 11.8. The van der Waals surface area contributed by atoms with Gasteiger partial charge in [0, 0.05) is 19.6 Å². The summed E-state index contributed by atoms with van der Waals surface area (Å²) in [5.41, 5.74) is 1.89. The van der Waals surface area contributed by atoms with Crippen LogP contribution in [0.2, 0.25) is 0 Å². The molecule has 0 saturated carbocycles. The van der Waals surface area contributed by atoms with Crippen LogP contribution in [-0.2, 0) is 11.2 Å². The Morgan fingerprint density at radius 3 is 2.93 bits per heavy atom. The number of hydrogen-bond acceptors (Lipinski definition) is 6. The van der Waals surface area contributed by atoms with Crippen LogP contribution in [0.4, 0.5) is 5.82 Å². The van der Waals surface area contributed by atoms with Crippen LogP contribution in [0.15, 0.2) is 42.7 Å². The molecule has 1 amide bonds. The summed E-state index contributed by atoms with van der Waals surface area (Å²) < 4.78 is 6.83. The molecule has 0 radical (unpaired) electrons. The molecular weight excluding hydrogens is 356 g/mol. The zero-order chi connectivity index (χ0) is 19.3. The van der Waals surface area contributed by atoms with Crippen molar-refractivity contribution < 1.29 is 9.53 Å². The number of aromatic nitrogens is 4. The summed E-state index contributed by atoms with van der Waals surface area (Å²) in [6.07, 6.45) is 4.27. The molecule has 1 aliphatic heterocycles. The van der Waals surface area contributed by atoms with Crippen molar-refractivity contribution >= 4 is 17.4 Å². The largest absolute Gasteiger partial charge is 0.497 e. The third-order valence-electron chi connectivity index (χ3n) is 5.14. The Balaban J connectivity index is 1.31. The van der Waals surface area contributed by atoms with Crippen LogP contribution in [0, 0.1) is 5.92 Å². The molecule has 2 aromatic heterocycles. The highest BCUT2D eigenvalue weighted by molar-refractivity contribution is 5.79. The lowest BCUT2D eigenvalue weighted by Gasteiger charge is -2.32. The lowest BCUT2D eigenvalue weighted by molar-refractivity contribution is -0.125. The molecule has 146 valence electrons. The van der Waals surface area contributed by atoms with Crippen molar-refractivity contribution in [1.29, 1.82) is 0 Å². The molecule has 3 heterocycles. The molecule has 1 N–H and O–H groups in total. The number of rotatable bonds is 6. The zero-order valence-corrected chi connectivity index (χ0v) is 15.9. The molecule has 8 nitrogen and oxygen atoms in total. The van der Waals surface area contributed by atoms with Gasteiger partial charge in [0.1, 0.15) is 17.9 Å². The van der Waals surface area contributed by atoms with Crippen molar-refractivity contribution in [2.75, 3.05) is 31.6 Å². The van der Waals surface area contributed by atoms with Crippen LogP contribution in [0.5, 0.6) is 5.75 Å². The van der Waals surface area contributed by atoms with E-state index in [0.717, 1.165) is 37.4 Å². The van der Waals surface area contributed by atoms with Gasteiger partial charge in [-0.15, -0.1) is 15.3 Å². The average Bonchev–Trinajstić information content (AvgIpc) is 3.22. The molecule has 0 aliphatic carbocycles. The van der Waals surface area contributed by atoms with E-state index in [9.17, 15) is 4.79 Å². The van der Waals surface area contributed by atoms with E-state index < -0.39 is 0 Å². The molecule has 0 bridgehead atoms. The number of ether oxygens (including phenoxy) is 1. The van der Waals surface area contributed by atoms with Crippen LogP contribution in [-0.4, -0.2) is 52.5 Å². The van der Waals surface area contributed by atoms with Crippen molar-refractivity contribution in [2.45, 2.75) is 19.3 Å². The van der Waals surface area contributed by atoms with Crippen LogP contribution in [0.3, 0.4) is 0 Å². The van der Waals surface area contributed by atoms with Gasteiger partial charge in [-0.05, 0) is 49.1 Å². The normalized spacial score (nSPS) is 16.9. The van der Waals surface area contributed by atoms with Gasteiger partial charge in [-0.25, -0.2) is 0 Å². The molecule has 0 spiro atoms. The van der Waals surface area contributed by atoms with Crippen LogP contribution < -0.4 is 15.0 Å². The van der Waals surface area contributed by atoms with E-state index in [0.29, 0.717) is 18.7 Å². The van der Waals surface area contributed by atoms with E-state index in [1.54, 1.807) is 18.0 Å². The maximum absolute atomic E-state index is 12.6. The number of hydrogen-bond donors (Lipinski definition) is 1. The van der Waals surface area contributed by atoms with Gasteiger partial charge in [-0.1, -0.05) is 12.1 Å². The van der Waals surface area contributed by atoms with Gasteiger partial charge in [0.05, 0.1) is 13.0 Å². The van der Waals surface area contributed by atoms with Crippen molar-refractivity contribution in [3.05, 3.63) is 48.3 Å². The Hall–Kier alpha value is -3.16. The zero-order valence-electron chi connectivity index (χ0n) is 15.9. The van der Waals surface area contributed by atoms with Gasteiger partial charge >= 0.3 is 0 Å². The van der Waals surface area contributed by atoms with Crippen LogP contribution in [0.25, 0.3) is 5.65 Å². The SMILES string of the molecule is COc1ccc(CCNC(=O)[C@@H]2CCCN(c3ccc4nncn4n3)C2)cc1. The van der Waals surface area contributed by atoms with Gasteiger partial charge in [0.25, 0.3) is 0 Å². The molecule has 1 aromatic carbocycles. The summed E-state index contributed by atoms with van der Waals surface area (Å²) >= 11 is 0. The first kappa shape index (κ1) is 18.2. The first-order valence-electron chi connectivity index (χ1n) is 9.55. The summed E-state index contributed by atoms with van der Waals surface area (Å²) in [6.45, 7) is 2.21. The highest BCUT2D eigenvalue weighted by Gasteiger charge is 2.26. The highest BCUT2D eigenvalue weighted by Crippen LogP contribution is 2.22. The maximum atomic E-state index is 12.6. The van der Waals surface area contributed by atoms with Gasteiger partial charge in [-0.2, -0.15) is 4.52 Å². The number of piperidine rings is 1. The van der Waals surface area contributed by atoms with Gasteiger partial charge in [-0.3, -0.25) is 4.79 Å². The number of nitrogens with one attached hydrogen (secondary N) is 1. The van der Waals surface area contributed by atoms with E-state index in [2.05, 4.69) is 25.5 Å². The predicted molar refractivity (Wildman–Crippen MR) is 105 cm³/mol. The van der Waals surface area contributed by atoms with Crippen LogP contribution in [0.1, 0.15) is 18.4 Å². The van der Waals surface area contributed by atoms with E-state index in [1.165, 1.54) is 5.56 Å². The molecule has 1 saturated heterocycles. The number of carbonyl (C=O) groups is 1. The number of methoxy groups -OCH3 is 1. The van der Waals surface area contributed by atoms with Crippen molar-refractivity contribution in [2.24, 2.45) is 5.92 Å². The fraction of sp³-hybridized carbons (Fsp3) is 0.400. The first-order chi connectivity index (χ1) is 13.7. The smallest absolute Gasteiger partial charge is 0.224 e. The topological polar surface area (TPSA) is 84.6 Å². The standard InChI is InChI=1S/C20H24N6O2/c1-28-17-6-4-15(5-7-17)10-11-21-20(27)16-3-2-12-25(13-16)19-9-8-18-23-22-14-26(18)24-19/h4-9,14,16H,2-3,10-13H2,1H3,(H,21,27)/t16-/m1/s1. The fourth-order valence-corrected chi connectivity index (χ4v) is 3.55. The molecule has 3 aromatic rings. The quantitative estimate of drug-likeness (QED) is 0.701. The van der Waals surface area contributed by atoms with Gasteiger partial charge in [0.15, 0.2) is 5.65 Å². The summed E-state index contributed by atoms with van der Waals surface area (Å²) in [5, 5.41) is 15.5. The van der Waals surface area contributed by atoms with Gasteiger partial charge < -0.3 is 15.0 Å². The monoisotopic (exact) mass is 380 g/mol. The van der Waals surface area contributed by atoms with Crippen molar-refractivity contribution in [3.8, 4) is 5.75 Å². The molecule has 1 atom stereocenters. The third-order valence-corrected chi connectivity index (χ3v) is 5.14. The third kappa shape index (κ3) is 4.05. The number of benzene rings is 1. The Morgan fingerprint density at radius 2 is 2.11 bits per heavy atom. The Labute approximate surface area is 163 Å².